The highest BCUT2D eigenvalue weighted by Crippen LogP contribution is 2.39. The fourth-order valence-corrected chi connectivity index (χ4v) is 2.41. The number of amides is 2. The Hall–Kier alpha value is -1.20. The zero-order valence-corrected chi connectivity index (χ0v) is 9.55. The van der Waals surface area contributed by atoms with Crippen LogP contribution in [0.15, 0.2) is 0 Å². The Kier molecular flexibility index (Phi) is 3.31. The van der Waals surface area contributed by atoms with Crippen LogP contribution in [0.3, 0.4) is 0 Å². The Bertz CT molecular complexity index is 333. The van der Waals surface area contributed by atoms with E-state index in [0.717, 1.165) is 0 Å². The maximum atomic E-state index is 13.0. The summed E-state index contributed by atoms with van der Waals surface area (Å²) in [5.41, 5.74) is 0. The number of alkyl halides is 2. The van der Waals surface area contributed by atoms with Crippen molar-refractivity contribution in [2.45, 2.75) is 31.6 Å². The van der Waals surface area contributed by atoms with E-state index in [1.54, 1.807) is 0 Å². The first-order valence-electron chi connectivity index (χ1n) is 5.91. The molecule has 96 valence electrons. The van der Waals surface area contributed by atoms with Crippen LogP contribution >= 0.6 is 0 Å². The van der Waals surface area contributed by atoms with E-state index in [4.69, 9.17) is 0 Å². The first kappa shape index (κ1) is 12.3. The molecule has 4 nitrogen and oxygen atoms in total. The number of carbonyl (C=O) groups is 2. The van der Waals surface area contributed by atoms with E-state index >= 15 is 0 Å². The molecule has 1 N–H and O–H groups in total. The van der Waals surface area contributed by atoms with E-state index in [9.17, 15) is 18.4 Å². The van der Waals surface area contributed by atoms with Crippen molar-refractivity contribution in [2.75, 3.05) is 19.6 Å². The number of carbonyl (C=O) groups excluding carboxylic acids is 2. The summed E-state index contributed by atoms with van der Waals surface area (Å²) < 4.78 is 26.1. The molecule has 6 heteroatoms. The van der Waals surface area contributed by atoms with Gasteiger partial charge < -0.3 is 10.2 Å². The lowest BCUT2D eigenvalue weighted by molar-refractivity contribution is -0.136. The molecular weight excluding hydrogens is 230 g/mol. The van der Waals surface area contributed by atoms with E-state index in [0.29, 0.717) is 19.6 Å². The molecule has 2 aliphatic rings. The van der Waals surface area contributed by atoms with Gasteiger partial charge in [0.15, 0.2) is 0 Å². The quantitative estimate of drug-likeness (QED) is 0.743. The number of nitrogens with zero attached hydrogens (tertiary/aromatic N) is 1. The highest BCUT2D eigenvalue weighted by Gasteiger charge is 2.43. The molecule has 0 aromatic rings. The summed E-state index contributed by atoms with van der Waals surface area (Å²) in [6, 6.07) is 0. The Labute approximate surface area is 98.3 Å². The molecule has 0 aromatic heterocycles. The first-order valence-corrected chi connectivity index (χ1v) is 5.91. The molecule has 1 aliphatic heterocycles. The molecule has 2 fully saturated rings. The summed E-state index contributed by atoms with van der Waals surface area (Å²) in [6.45, 7) is 1.17. The predicted molar refractivity (Wildman–Crippen MR) is 56.5 cm³/mol. The summed E-state index contributed by atoms with van der Waals surface area (Å²) in [7, 11) is 0. The number of hydrogen-bond acceptors (Lipinski definition) is 2. The first-order chi connectivity index (χ1) is 7.98. The maximum Gasteiger partial charge on any atom is 0.248 e. The lowest BCUT2D eigenvalue weighted by Gasteiger charge is -2.23. The minimum atomic E-state index is -2.69. The van der Waals surface area contributed by atoms with Crippen LogP contribution in [0.5, 0.6) is 0 Å². The van der Waals surface area contributed by atoms with Gasteiger partial charge in [-0.25, -0.2) is 8.78 Å². The molecule has 1 unspecified atom stereocenters. The number of nitrogens with one attached hydrogen (secondary N) is 1. The number of hydrogen-bond donors (Lipinski definition) is 1. The number of rotatable bonds is 1. The third-order valence-electron chi connectivity index (χ3n) is 3.38. The Morgan fingerprint density at radius 3 is 2.82 bits per heavy atom. The Balaban J connectivity index is 1.93. The van der Waals surface area contributed by atoms with Crippen LogP contribution in [0.2, 0.25) is 0 Å². The number of halogens is 2. The highest BCUT2D eigenvalue weighted by atomic mass is 19.3. The van der Waals surface area contributed by atoms with Crippen molar-refractivity contribution in [3.05, 3.63) is 0 Å². The van der Waals surface area contributed by atoms with Crippen LogP contribution in [0.4, 0.5) is 8.78 Å². The van der Waals surface area contributed by atoms with Crippen molar-refractivity contribution >= 4 is 11.8 Å². The summed E-state index contributed by atoms with van der Waals surface area (Å²) in [5.74, 6) is -3.57. The molecule has 0 radical (unpaired) electrons. The fraction of sp³-hybridized carbons (Fsp3) is 0.818. The fourth-order valence-electron chi connectivity index (χ4n) is 2.41. The van der Waals surface area contributed by atoms with Crippen LogP contribution in [-0.4, -0.2) is 42.3 Å². The predicted octanol–water partition coefficient (Wildman–Crippen LogP) is 0.770. The molecule has 0 bridgehead atoms. The van der Waals surface area contributed by atoms with E-state index in [2.05, 4.69) is 5.32 Å². The van der Waals surface area contributed by atoms with Crippen LogP contribution in [-0.2, 0) is 9.59 Å². The summed E-state index contributed by atoms with van der Waals surface area (Å²) in [4.78, 5) is 24.6. The average molecular weight is 246 g/mol. The molecule has 1 atom stereocenters. The molecule has 17 heavy (non-hydrogen) atoms. The molecule has 1 saturated carbocycles. The van der Waals surface area contributed by atoms with Gasteiger partial charge >= 0.3 is 0 Å². The lowest BCUT2D eigenvalue weighted by atomic mass is 10.1. The van der Waals surface area contributed by atoms with Gasteiger partial charge in [-0.2, -0.15) is 0 Å². The molecule has 0 aromatic carbocycles. The Morgan fingerprint density at radius 1 is 1.41 bits per heavy atom. The second-order valence-corrected chi connectivity index (χ2v) is 4.72. The van der Waals surface area contributed by atoms with Crippen molar-refractivity contribution in [1.82, 2.24) is 10.2 Å². The van der Waals surface area contributed by atoms with Crippen LogP contribution in [0, 0.1) is 5.92 Å². The van der Waals surface area contributed by atoms with Crippen molar-refractivity contribution in [2.24, 2.45) is 5.92 Å². The van der Waals surface area contributed by atoms with Crippen LogP contribution in [0.25, 0.3) is 0 Å². The van der Waals surface area contributed by atoms with Crippen molar-refractivity contribution in [3.8, 4) is 0 Å². The van der Waals surface area contributed by atoms with Gasteiger partial charge in [0.1, 0.15) is 0 Å². The minimum Gasteiger partial charge on any atom is -0.354 e. The van der Waals surface area contributed by atoms with E-state index < -0.39 is 11.8 Å². The van der Waals surface area contributed by atoms with Crippen LogP contribution < -0.4 is 5.32 Å². The second kappa shape index (κ2) is 4.58. The molecule has 0 spiro atoms. The van der Waals surface area contributed by atoms with Gasteiger partial charge in [-0.15, -0.1) is 0 Å². The van der Waals surface area contributed by atoms with E-state index in [1.165, 1.54) is 4.90 Å². The third-order valence-corrected chi connectivity index (χ3v) is 3.38. The van der Waals surface area contributed by atoms with Gasteiger partial charge in [-0.05, 0) is 6.42 Å². The minimum absolute atomic E-state index is 0.0861. The largest absolute Gasteiger partial charge is 0.354 e. The van der Waals surface area contributed by atoms with Crippen molar-refractivity contribution < 1.29 is 18.4 Å². The SMILES string of the molecule is O=C1CCN(C(=O)C2CCC(F)(F)C2)CCN1. The smallest absolute Gasteiger partial charge is 0.248 e. The summed E-state index contributed by atoms with van der Waals surface area (Å²) >= 11 is 0. The molecule has 1 heterocycles. The Morgan fingerprint density at radius 2 is 2.18 bits per heavy atom. The van der Waals surface area contributed by atoms with Gasteiger partial charge in [-0.1, -0.05) is 0 Å². The standard InChI is InChI=1S/C11H16F2N2O2/c12-11(13)3-1-8(7-11)10(17)15-5-2-9(16)14-4-6-15/h8H,1-7H2,(H,14,16). The molecule has 2 amide bonds. The monoisotopic (exact) mass is 246 g/mol. The zero-order valence-electron chi connectivity index (χ0n) is 9.55. The van der Waals surface area contributed by atoms with Gasteiger partial charge in [0.05, 0.1) is 0 Å². The summed E-state index contributed by atoms with van der Waals surface area (Å²) in [6.07, 6.45) is -0.0311. The van der Waals surface area contributed by atoms with Gasteiger partial charge in [0.25, 0.3) is 0 Å². The molecule has 2 rings (SSSR count). The average Bonchev–Trinajstić information content (AvgIpc) is 2.48. The zero-order chi connectivity index (χ0) is 12.5. The topological polar surface area (TPSA) is 49.4 Å². The molecule has 1 saturated heterocycles. The van der Waals surface area contributed by atoms with Gasteiger partial charge in [0.2, 0.25) is 17.7 Å². The van der Waals surface area contributed by atoms with Gasteiger partial charge in [0, 0.05) is 44.8 Å². The summed E-state index contributed by atoms with van der Waals surface area (Å²) in [5, 5.41) is 2.66. The maximum absolute atomic E-state index is 13.0. The molecular formula is C11H16F2N2O2. The molecule has 1 aliphatic carbocycles. The lowest BCUT2D eigenvalue weighted by Crippen LogP contribution is -2.38. The van der Waals surface area contributed by atoms with E-state index in [1.807, 2.05) is 0 Å². The normalized spacial score (nSPS) is 28.7. The highest BCUT2D eigenvalue weighted by molar-refractivity contribution is 5.81. The van der Waals surface area contributed by atoms with Crippen molar-refractivity contribution in [1.29, 1.82) is 0 Å². The van der Waals surface area contributed by atoms with Crippen molar-refractivity contribution in [3.63, 3.8) is 0 Å². The van der Waals surface area contributed by atoms with E-state index in [-0.39, 0.29) is 37.5 Å². The van der Waals surface area contributed by atoms with Crippen LogP contribution in [0.1, 0.15) is 25.7 Å². The third kappa shape index (κ3) is 2.92. The second-order valence-electron chi connectivity index (χ2n) is 4.72. The van der Waals surface area contributed by atoms with Gasteiger partial charge in [-0.3, -0.25) is 9.59 Å².